The average molecular weight is 313 g/mol. The Hall–Kier alpha value is -1.57. The zero-order valence-corrected chi connectivity index (χ0v) is 15.3. The first-order valence-corrected chi connectivity index (χ1v) is 8.95. The van der Waals surface area contributed by atoms with Gasteiger partial charge in [-0.3, -0.25) is 4.79 Å². The molecule has 0 aliphatic carbocycles. The van der Waals surface area contributed by atoms with E-state index in [0.717, 1.165) is 6.42 Å². The monoisotopic (exact) mass is 313 g/mol. The van der Waals surface area contributed by atoms with Gasteiger partial charge in [-0.2, -0.15) is 0 Å². The fourth-order valence-corrected chi connectivity index (χ4v) is 3.34. The fraction of sp³-hybridized carbons (Fsp3) is 0.571. The van der Waals surface area contributed by atoms with Crippen LogP contribution in [0.2, 0.25) is 0 Å². The molecular formula is C21H31NO. The quantitative estimate of drug-likeness (QED) is 0.611. The first-order valence-electron chi connectivity index (χ1n) is 8.95. The second kappa shape index (κ2) is 7.33. The number of unbranched alkanes of at least 4 members (excludes halogenated alkanes) is 2. The Kier molecular flexibility index (Phi) is 5.67. The van der Waals surface area contributed by atoms with Gasteiger partial charge in [-0.1, -0.05) is 65.2 Å². The lowest BCUT2D eigenvalue weighted by Gasteiger charge is -2.23. The van der Waals surface area contributed by atoms with Crippen molar-refractivity contribution in [2.24, 2.45) is 5.41 Å². The van der Waals surface area contributed by atoms with Crippen molar-refractivity contribution in [1.82, 2.24) is 4.98 Å². The van der Waals surface area contributed by atoms with Crippen LogP contribution in [0.4, 0.5) is 0 Å². The molecule has 1 heterocycles. The van der Waals surface area contributed by atoms with Crippen LogP contribution < -0.4 is 0 Å². The topological polar surface area (TPSA) is 32.9 Å². The van der Waals surface area contributed by atoms with Crippen molar-refractivity contribution in [3.05, 3.63) is 35.5 Å². The number of hydrogen-bond acceptors (Lipinski definition) is 1. The third-order valence-electron chi connectivity index (χ3n) is 4.78. The molecule has 2 nitrogen and oxygen atoms in total. The molecule has 2 aromatic rings. The molecule has 0 spiro atoms. The number of aryl methyl sites for hydroxylation is 1. The van der Waals surface area contributed by atoms with Gasteiger partial charge in [0.25, 0.3) is 0 Å². The third kappa shape index (κ3) is 4.25. The van der Waals surface area contributed by atoms with Gasteiger partial charge in [0.1, 0.15) is 5.78 Å². The maximum atomic E-state index is 12.6. The molecule has 0 saturated heterocycles. The maximum Gasteiger partial charge on any atom is 0.138 e. The number of nitrogens with one attached hydrogen (secondary N) is 1. The van der Waals surface area contributed by atoms with Crippen LogP contribution in [-0.4, -0.2) is 10.8 Å². The summed E-state index contributed by atoms with van der Waals surface area (Å²) in [5.74, 6) is 0.688. The molecule has 1 N–H and O–H groups in total. The Morgan fingerprint density at radius 3 is 2.52 bits per heavy atom. The molecule has 0 radical (unpaired) electrons. The highest BCUT2D eigenvalue weighted by Crippen LogP contribution is 2.36. The highest BCUT2D eigenvalue weighted by molar-refractivity contribution is 5.88. The molecule has 0 aliphatic rings. The number of hydrogen-bond donors (Lipinski definition) is 1. The van der Waals surface area contributed by atoms with Gasteiger partial charge in [0.15, 0.2) is 0 Å². The maximum absolute atomic E-state index is 12.6. The van der Waals surface area contributed by atoms with E-state index in [0.29, 0.717) is 18.1 Å². The number of para-hydroxylation sites is 1. The minimum absolute atomic E-state index is 0.261. The zero-order valence-electron chi connectivity index (χ0n) is 15.3. The van der Waals surface area contributed by atoms with Crippen LogP contribution >= 0.6 is 0 Å². The zero-order chi connectivity index (χ0) is 17.0. The van der Waals surface area contributed by atoms with Gasteiger partial charge in [0, 0.05) is 28.4 Å². The smallest absolute Gasteiger partial charge is 0.138 e. The molecule has 1 aromatic heterocycles. The number of fused-ring (bicyclic) bond motifs is 1. The molecule has 2 heteroatoms. The molecule has 0 aliphatic heterocycles. The Labute approximate surface area is 140 Å². The van der Waals surface area contributed by atoms with Gasteiger partial charge in [-0.15, -0.1) is 0 Å². The predicted octanol–water partition coefficient (Wildman–Crippen LogP) is 6.15. The van der Waals surface area contributed by atoms with E-state index in [1.807, 2.05) is 20.8 Å². The molecular weight excluding hydrogens is 282 g/mol. The Bertz CT molecular complexity index is 660. The SMILES string of the molecule is CCCCCC(CC(=O)C(C)(C)C)c1c(C)[nH]c2ccccc12. The van der Waals surface area contributed by atoms with E-state index in [9.17, 15) is 4.79 Å². The molecule has 1 atom stereocenters. The molecule has 0 bridgehead atoms. The number of carbonyl (C=O) groups is 1. The highest BCUT2D eigenvalue weighted by Gasteiger charge is 2.27. The van der Waals surface area contributed by atoms with Crippen LogP contribution in [0.25, 0.3) is 10.9 Å². The predicted molar refractivity (Wildman–Crippen MR) is 99.0 cm³/mol. The second-order valence-corrected chi connectivity index (χ2v) is 7.78. The molecule has 2 rings (SSSR count). The van der Waals surface area contributed by atoms with Crippen molar-refractivity contribution in [2.45, 2.75) is 72.6 Å². The number of carbonyl (C=O) groups excluding carboxylic acids is 1. The van der Waals surface area contributed by atoms with Crippen LogP contribution in [0.1, 0.15) is 77.0 Å². The number of rotatable bonds is 7. The van der Waals surface area contributed by atoms with Gasteiger partial charge >= 0.3 is 0 Å². The molecule has 126 valence electrons. The van der Waals surface area contributed by atoms with Crippen molar-refractivity contribution in [2.75, 3.05) is 0 Å². The summed E-state index contributed by atoms with van der Waals surface area (Å²) in [5, 5.41) is 1.29. The third-order valence-corrected chi connectivity index (χ3v) is 4.78. The van der Waals surface area contributed by atoms with Crippen molar-refractivity contribution < 1.29 is 4.79 Å². The standard InChI is InChI=1S/C21H31NO/c1-6-7-8-11-16(14-19(23)21(3,4)5)20-15(2)22-18-13-10-9-12-17(18)20/h9-10,12-13,16,22H,6-8,11,14H2,1-5H3. The van der Waals surface area contributed by atoms with Crippen molar-refractivity contribution in [3.8, 4) is 0 Å². The number of Topliss-reactive ketones (excluding diaryl/α,β-unsaturated/α-hetero) is 1. The Balaban J connectivity index is 2.35. The summed E-state index contributed by atoms with van der Waals surface area (Å²) in [4.78, 5) is 16.1. The van der Waals surface area contributed by atoms with Gasteiger partial charge < -0.3 is 4.98 Å². The summed E-state index contributed by atoms with van der Waals surface area (Å²) in [6.45, 7) is 10.5. The van der Waals surface area contributed by atoms with E-state index in [1.165, 1.54) is 41.4 Å². The summed E-state index contributed by atoms with van der Waals surface area (Å²) in [6.07, 6.45) is 5.39. The molecule has 1 aromatic carbocycles. The first kappa shape index (κ1) is 17.8. The molecule has 0 amide bonds. The van der Waals surface area contributed by atoms with E-state index in [4.69, 9.17) is 0 Å². The number of ketones is 1. The minimum atomic E-state index is -0.261. The lowest BCUT2D eigenvalue weighted by atomic mass is 9.80. The van der Waals surface area contributed by atoms with E-state index in [-0.39, 0.29) is 5.41 Å². The van der Waals surface area contributed by atoms with Crippen LogP contribution in [0.3, 0.4) is 0 Å². The lowest BCUT2D eigenvalue weighted by molar-refractivity contribution is -0.126. The van der Waals surface area contributed by atoms with Crippen LogP contribution in [-0.2, 0) is 4.79 Å². The summed E-state index contributed by atoms with van der Waals surface area (Å²) in [7, 11) is 0. The van der Waals surface area contributed by atoms with E-state index < -0.39 is 0 Å². The van der Waals surface area contributed by atoms with Crippen molar-refractivity contribution in [3.63, 3.8) is 0 Å². The van der Waals surface area contributed by atoms with Crippen LogP contribution in [0.15, 0.2) is 24.3 Å². The number of aromatic amines is 1. The van der Waals surface area contributed by atoms with Crippen molar-refractivity contribution >= 4 is 16.7 Å². The van der Waals surface area contributed by atoms with Gasteiger partial charge in [0.2, 0.25) is 0 Å². The average Bonchev–Trinajstić information content (AvgIpc) is 2.81. The van der Waals surface area contributed by atoms with E-state index in [1.54, 1.807) is 0 Å². The number of aromatic nitrogens is 1. The van der Waals surface area contributed by atoms with Gasteiger partial charge in [-0.05, 0) is 30.9 Å². The second-order valence-electron chi connectivity index (χ2n) is 7.78. The minimum Gasteiger partial charge on any atom is -0.358 e. The largest absolute Gasteiger partial charge is 0.358 e. The Morgan fingerprint density at radius 1 is 1.17 bits per heavy atom. The van der Waals surface area contributed by atoms with Crippen LogP contribution in [0, 0.1) is 12.3 Å². The molecule has 1 unspecified atom stereocenters. The molecule has 0 fully saturated rings. The fourth-order valence-electron chi connectivity index (χ4n) is 3.34. The normalized spacial score (nSPS) is 13.4. The molecule has 23 heavy (non-hydrogen) atoms. The summed E-state index contributed by atoms with van der Waals surface area (Å²) < 4.78 is 0. The summed E-state index contributed by atoms with van der Waals surface area (Å²) in [6, 6.07) is 8.46. The first-order chi connectivity index (χ1) is 10.8. The van der Waals surface area contributed by atoms with E-state index in [2.05, 4.69) is 43.1 Å². The van der Waals surface area contributed by atoms with Crippen molar-refractivity contribution in [1.29, 1.82) is 0 Å². The highest BCUT2D eigenvalue weighted by atomic mass is 16.1. The van der Waals surface area contributed by atoms with Gasteiger partial charge in [-0.25, -0.2) is 0 Å². The van der Waals surface area contributed by atoms with Gasteiger partial charge in [0.05, 0.1) is 0 Å². The molecule has 0 saturated carbocycles. The number of benzene rings is 1. The summed E-state index contributed by atoms with van der Waals surface area (Å²) >= 11 is 0. The lowest BCUT2D eigenvalue weighted by Crippen LogP contribution is -2.22. The van der Waals surface area contributed by atoms with E-state index >= 15 is 0 Å². The van der Waals surface area contributed by atoms with Crippen LogP contribution in [0.5, 0.6) is 0 Å². The number of H-pyrrole nitrogens is 1. The summed E-state index contributed by atoms with van der Waals surface area (Å²) in [5.41, 5.74) is 3.50. The Morgan fingerprint density at radius 2 is 1.87 bits per heavy atom.